The minimum atomic E-state index is 0.0432. The highest BCUT2D eigenvalue weighted by molar-refractivity contribution is 7.09. The van der Waals surface area contributed by atoms with Gasteiger partial charge < -0.3 is 15.1 Å². The smallest absolute Gasteiger partial charge is 0.278 e. The van der Waals surface area contributed by atoms with Crippen LogP contribution in [0.5, 0.6) is 0 Å². The average molecular weight is 360 g/mol. The van der Waals surface area contributed by atoms with Crippen LogP contribution in [0.4, 0.5) is 0 Å². The van der Waals surface area contributed by atoms with E-state index < -0.39 is 0 Å². The maximum atomic E-state index is 12.4. The number of hydrogen-bond acceptors (Lipinski definition) is 2. The van der Waals surface area contributed by atoms with Gasteiger partial charge in [-0.3, -0.25) is 4.79 Å². The molecule has 0 bridgehead atoms. The second kappa shape index (κ2) is 9.13. The van der Waals surface area contributed by atoms with Crippen LogP contribution in [0.1, 0.15) is 17.4 Å². The van der Waals surface area contributed by atoms with Crippen molar-refractivity contribution in [1.29, 1.82) is 0 Å². The number of hydrogen-bond donors (Lipinski definition) is 3. The van der Waals surface area contributed by atoms with Crippen molar-refractivity contribution in [2.75, 3.05) is 32.7 Å². The van der Waals surface area contributed by atoms with Crippen molar-refractivity contribution in [3.05, 3.63) is 58.3 Å². The average Bonchev–Trinajstić information content (AvgIpc) is 3.16. The van der Waals surface area contributed by atoms with Gasteiger partial charge in [-0.2, -0.15) is 0 Å². The Labute approximate surface area is 154 Å². The normalized spacial score (nSPS) is 21.6. The van der Waals surface area contributed by atoms with Crippen molar-refractivity contribution in [3.8, 4) is 0 Å². The zero-order chi connectivity index (χ0) is 17.5. The third kappa shape index (κ3) is 5.39. The molecule has 0 saturated carbocycles. The van der Waals surface area contributed by atoms with Crippen molar-refractivity contribution in [3.63, 3.8) is 0 Å². The Balaban J connectivity index is 1.38. The minimum absolute atomic E-state index is 0.0432. The van der Waals surface area contributed by atoms with Crippen LogP contribution in [0, 0.1) is 0 Å². The maximum Gasteiger partial charge on any atom is 0.278 e. The fourth-order valence-electron chi connectivity index (χ4n) is 3.52. The number of piperazine rings is 1. The van der Waals surface area contributed by atoms with Crippen molar-refractivity contribution in [1.82, 2.24) is 5.32 Å². The topological polar surface area (TPSA) is 38.0 Å². The van der Waals surface area contributed by atoms with E-state index in [-0.39, 0.29) is 11.9 Å². The molecular formula is C20H29N3OS+2. The van der Waals surface area contributed by atoms with E-state index in [0.717, 1.165) is 45.7 Å². The number of carbonyl (C=O) groups excluding carboxylic acids is 1. The van der Waals surface area contributed by atoms with Crippen molar-refractivity contribution < 1.29 is 14.6 Å². The van der Waals surface area contributed by atoms with Gasteiger partial charge in [0.25, 0.3) is 5.91 Å². The number of thiophene rings is 1. The number of quaternary nitrogens is 2. The molecule has 134 valence electrons. The van der Waals surface area contributed by atoms with Gasteiger partial charge >= 0.3 is 0 Å². The predicted octanol–water partition coefficient (Wildman–Crippen LogP) is -0.221. The monoisotopic (exact) mass is 359 g/mol. The first kappa shape index (κ1) is 18.1. The van der Waals surface area contributed by atoms with E-state index in [1.165, 1.54) is 15.3 Å². The summed E-state index contributed by atoms with van der Waals surface area (Å²) in [5.74, 6) is 0.193. The van der Waals surface area contributed by atoms with Crippen LogP contribution in [-0.4, -0.2) is 44.7 Å². The Morgan fingerprint density at radius 3 is 2.56 bits per heavy atom. The number of benzene rings is 1. The molecule has 1 amide bonds. The first-order valence-corrected chi connectivity index (χ1v) is 10.1. The first-order chi connectivity index (χ1) is 12.2. The quantitative estimate of drug-likeness (QED) is 0.628. The third-order valence-electron chi connectivity index (χ3n) is 5.15. The summed E-state index contributed by atoms with van der Waals surface area (Å²) in [6.45, 7) is 8.31. The molecule has 2 aromatic rings. The summed E-state index contributed by atoms with van der Waals surface area (Å²) in [6, 6.07) is 14.9. The summed E-state index contributed by atoms with van der Waals surface area (Å²) in [5.41, 5.74) is 1.40. The van der Waals surface area contributed by atoms with Gasteiger partial charge in [-0.25, -0.2) is 0 Å². The Morgan fingerprint density at radius 1 is 1.12 bits per heavy atom. The van der Waals surface area contributed by atoms with E-state index in [1.807, 2.05) is 0 Å². The predicted molar refractivity (Wildman–Crippen MR) is 102 cm³/mol. The van der Waals surface area contributed by atoms with Crippen molar-refractivity contribution in [2.24, 2.45) is 0 Å². The molecule has 3 rings (SSSR count). The number of rotatable bonds is 7. The molecule has 1 aliphatic heterocycles. The summed E-state index contributed by atoms with van der Waals surface area (Å²) in [5, 5.41) is 5.19. The Morgan fingerprint density at radius 2 is 1.88 bits per heavy atom. The molecule has 1 atom stereocenters. The fraction of sp³-hybridized carbons (Fsp3) is 0.450. The van der Waals surface area contributed by atoms with Gasteiger partial charge in [-0.05, 0) is 24.8 Å². The molecule has 3 N–H and O–H groups in total. The van der Waals surface area contributed by atoms with Crippen LogP contribution in [0.3, 0.4) is 0 Å². The van der Waals surface area contributed by atoms with E-state index in [1.54, 1.807) is 16.2 Å². The van der Waals surface area contributed by atoms with E-state index in [4.69, 9.17) is 0 Å². The zero-order valence-corrected chi connectivity index (χ0v) is 15.8. The van der Waals surface area contributed by atoms with Gasteiger partial charge in [-0.15, -0.1) is 11.3 Å². The van der Waals surface area contributed by atoms with Crippen molar-refractivity contribution >= 4 is 17.2 Å². The molecule has 1 aromatic heterocycles. The summed E-state index contributed by atoms with van der Waals surface area (Å²) in [4.78, 5) is 16.8. The molecule has 4 nitrogen and oxygen atoms in total. The maximum absolute atomic E-state index is 12.4. The fourth-order valence-corrected chi connectivity index (χ4v) is 4.23. The second-order valence-corrected chi connectivity index (χ2v) is 7.94. The molecule has 2 heterocycles. The van der Waals surface area contributed by atoms with Gasteiger partial charge in [0.15, 0.2) is 6.04 Å². The van der Waals surface area contributed by atoms with Crippen LogP contribution in [0.25, 0.3) is 0 Å². The lowest BCUT2D eigenvalue weighted by Crippen LogP contribution is -3.29. The van der Waals surface area contributed by atoms with E-state index >= 15 is 0 Å². The Bertz CT molecular complexity index is 636. The van der Waals surface area contributed by atoms with Crippen LogP contribution >= 0.6 is 11.3 Å². The summed E-state index contributed by atoms with van der Waals surface area (Å²) in [6.07, 6.45) is 0.931. The number of amides is 1. The molecule has 5 heteroatoms. The highest BCUT2D eigenvalue weighted by Crippen LogP contribution is 2.07. The summed E-state index contributed by atoms with van der Waals surface area (Å²) < 4.78 is 0. The third-order valence-corrected chi connectivity index (χ3v) is 6.09. The summed E-state index contributed by atoms with van der Waals surface area (Å²) in [7, 11) is 0. The molecule has 1 saturated heterocycles. The van der Waals surface area contributed by atoms with Crippen LogP contribution < -0.4 is 15.1 Å². The lowest BCUT2D eigenvalue weighted by atomic mass is 10.1. The minimum Gasteiger partial charge on any atom is -0.351 e. The highest BCUT2D eigenvalue weighted by atomic mass is 32.1. The van der Waals surface area contributed by atoms with Crippen LogP contribution in [0.15, 0.2) is 47.8 Å². The molecule has 1 aromatic carbocycles. The molecule has 1 fully saturated rings. The van der Waals surface area contributed by atoms with Crippen LogP contribution in [-0.2, 0) is 17.8 Å². The highest BCUT2D eigenvalue weighted by Gasteiger charge is 2.30. The van der Waals surface area contributed by atoms with Gasteiger partial charge in [0.05, 0.1) is 0 Å². The zero-order valence-electron chi connectivity index (χ0n) is 15.0. The van der Waals surface area contributed by atoms with E-state index in [0.29, 0.717) is 0 Å². The molecule has 1 aliphatic rings. The standard InChI is InChI=1S/C20H27N3OS/c1-17(20(24)21-10-9-19-8-5-15-25-19)23-13-11-22(12-14-23)16-18-6-3-2-4-7-18/h2-8,15,17H,9-14,16H2,1H3,(H,21,24)/p+2/t17-/m1/s1. The molecular weight excluding hydrogens is 330 g/mol. The number of nitrogens with one attached hydrogen (secondary N) is 3. The van der Waals surface area contributed by atoms with Gasteiger partial charge in [-0.1, -0.05) is 36.4 Å². The van der Waals surface area contributed by atoms with Gasteiger partial charge in [0.2, 0.25) is 0 Å². The molecule has 0 unspecified atom stereocenters. The lowest BCUT2D eigenvalue weighted by molar-refractivity contribution is -1.02. The summed E-state index contributed by atoms with van der Waals surface area (Å²) >= 11 is 1.75. The van der Waals surface area contributed by atoms with Gasteiger partial charge in [0, 0.05) is 17.0 Å². The molecule has 0 spiro atoms. The van der Waals surface area contributed by atoms with E-state index in [2.05, 4.69) is 60.1 Å². The molecule has 25 heavy (non-hydrogen) atoms. The Hall–Kier alpha value is -1.69. The molecule has 0 aliphatic carbocycles. The lowest BCUT2D eigenvalue weighted by Gasteiger charge is -2.32. The van der Waals surface area contributed by atoms with Gasteiger partial charge in [0.1, 0.15) is 32.7 Å². The Kier molecular flexibility index (Phi) is 6.62. The van der Waals surface area contributed by atoms with Crippen LogP contribution in [0.2, 0.25) is 0 Å². The SMILES string of the molecule is C[C@H](C(=O)NCCc1cccs1)[NH+]1CC[NH+](Cc2ccccc2)CC1. The van der Waals surface area contributed by atoms with E-state index in [9.17, 15) is 4.79 Å². The second-order valence-electron chi connectivity index (χ2n) is 6.91. The van der Waals surface area contributed by atoms with Crippen molar-refractivity contribution in [2.45, 2.75) is 25.9 Å². The number of carbonyl (C=O) groups is 1. The largest absolute Gasteiger partial charge is 0.351 e. The molecule has 0 radical (unpaired) electrons. The first-order valence-electron chi connectivity index (χ1n) is 9.24.